The lowest BCUT2D eigenvalue weighted by atomic mass is 10.0. The minimum absolute atomic E-state index is 0.0231. The first kappa shape index (κ1) is 21.2. The van der Waals surface area contributed by atoms with Crippen LogP contribution in [0.3, 0.4) is 0 Å². The lowest BCUT2D eigenvalue weighted by Gasteiger charge is -2.29. The smallest absolute Gasteiger partial charge is 0.170 e. The van der Waals surface area contributed by atoms with Gasteiger partial charge in [0.15, 0.2) is 5.11 Å². The standard InChI is InChI=1S/C27H26N4OS/c1-19-7-5-8-21(17-19)30-16-6-10-24(30)26-25(23-9-3-4-15-28-23)29-27(33)31(26)18-20-11-13-22(32-2)14-12-20/h3-17,25-26H,18H2,1-2H3,(H,29,33)/t25-,26+/m1/s1. The van der Waals surface area contributed by atoms with Gasteiger partial charge in [0.05, 0.1) is 24.9 Å². The molecule has 0 amide bonds. The summed E-state index contributed by atoms with van der Waals surface area (Å²) < 4.78 is 7.58. The molecule has 1 saturated heterocycles. The maximum absolute atomic E-state index is 5.85. The number of nitrogens with zero attached hydrogens (tertiary/aromatic N) is 3. The van der Waals surface area contributed by atoms with Crippen molar-refractivity contribution in [1.29, 1.82) is 0 Å². The second kappa shape index (κ2) is 9.08. The van der Waals surface area contributed by atoms with Crippen molar-refractivity contribution in [2.75, 3.05) is 7.11 Å². The Morgan fingerprint density at radius 1 is 1.00 bits per heavy atom. The Balaban J connectivity index is 1.58. The molecule has 6 heteroatoms. The highest BCUT2D eigenvalue weighted by molar-refractivity contribution is 7.80. The van der Waals surface area contributed by atoms with Gasteiger partial charge in [0.2, 0.25) is 0 Å². The molecule has 1 aliphatic rings. The van der Waals surface area contributed by atoms with E-state index < -0.39 is 0 Å². The second-order valence-electron chi connectivity index (χ2n) is 8.24. The summed E-state index contributed by atoms with van der Waals surface area (Å²) in [5, 5.41) is 4.27. The molecule has 2 aromatic heterocycles. The Morgan fingerprint density at radius 3 is 2.58 bits per heavy atom. The largest absolute Gasteiger partial charge is 0.497 e. The molecular weight excluding hydrogens is 428 g/mol. The van der Waals surface area contributed by atoms with Crippen LogP contribution in [0.2, 0.25) is 0 Å². The molecule has 166 valence electrons. The number of hydrogen-bond donors (Lipinski definition) is 1. The highest BCUT2D eigenvalue weighted by atomic mass is 32.1. The third-order valence-corrected chi connectivity index (χ3v) is 6.43. The van der Waals surface area contributed by atoms with Crippen molar-refractivity contribution >= 4 is 17.3 Å². The number of aryl methyl sites for hydroxylation is 1. The lowest BCUT2D eigenvalue weighted by Crippen LogP contribution is -2.30. The van der Waals surface area contributed by atoms with Crippen LogP contribution in [0.4, 0.5) is 0 Å². The Bertz CT molecular complexity index is 1250. The van der Waals surface area contributed by atoms with Gasteiger partial charge in [0, 0.05) is 30.3 Å². The van der Waals surface area contributed by atoms with E-state index in [2.05, 4.69) is 87.5 Å². The van der Waals surface area contributed by atoms with Crippen molar-refractivity contribution in [1.82, 2.24) is 19.8 Å². The zero-order chi connectivity index (χ0) is 22.8. The predicted octanol–water partition coefficient (Wildman–Crippen LogP) is 5.36. The number of benzene rings is 2. The van der Waals surface area contributed by atoms with Crippen molar-refractivity contribution in [3.05, 3.63) is 114 Å². The topological polar surface area (TPSA) is 42.3 Å². The van der Waals surface area contributed by atoms with Gasteiger partial charge in [0.1, 0.15) is 5.75 Å². The van der Waals surface area contributed by atoms with Crippen molar-refractivity contribution in [3.8, 4) is 11.4 Å². The van der Waals surface area contributed by atoms with Crippen molar-refractivity contribution in [2.45, 2.75) is 25.6 Å². The fraction of sp³-hybridized carbons (Fsp3) is 0.185. The third kappa shape index (κ3) is 4.22. The number of pyridine rings is 1. The molecule has 0 radical (unpaired) electrons. The zero-order valence-corrected chi connectivity index (χ0v) is 19.5. The van der Waals surface area contributed by atoms with E-state index in [1.54, 1.807) is 7.11 Å². The molecule has 0 spiro atoms. The number of hydrogen-bond acceptors (Lipinski definition) is 3. The molecule has 2 atom stereocenters. The van der Waals surface area contributed by atoms with Crippen LogP contribution in [0.25, 0.3) is 5.69 Å². The zero-order valence-electron chi connectivity index (χ0n) is 18.7. The number of rotatable bonds is 6. The van der Waals surface area contributed by atoms with E-state index in [4.69, 9.17) is 17.0 Å². The summed E-state index contributed by atoms with van der Waals surface area (Å²) in [4.78, 5) is 6.92. The number of aromatic nitrogens is 2. The molecular formula is C27H26N4OS. The van der Waals surface area contributed by atoms with Crippen LogP contribution in [0.15, 0.2) is 91.3 Å². The van der Waals surface area contributed by atoms with Crippen molar-refractivity contribution in [3.63, 3.8) is 0 Å². The Morgan fingerprint density at radius 2 is 1.85 bits per heavy atom. The monoisotopic (exact) mass is 454 g/mol. The average molecular weight is 455 g/mol. The molecule has 1 aliphatic heterocycles. The van der Waals surface area contributed by atoms with Gasteiger partial charge in [0.25, 0.3) is 0 Å². The van der Waals surface area contributed by atoms with Gasteiger partial charge >= 0.3 is 0 Å². The molecule has 2 aromatic carbocycles. The van der Waals surface area contributed by atoms with Crippen LogP contribution in [0.1, 0.15) is 34.6 Å². The minimum atomic E-state index is -0.0598. The van der Waals surface area contributed by atoms with E-state index in [9.17, 15) is 0 Å². The van der Waals surface area contributed by atoms with Gasteiger partial charge in [-0.25, -0.2) is 0 Å². The number of ether oxygens (including phenoxy) is 1. The predicted molar refractivity (Wildman–Crippen MR) is 134 cm³/mol. The fourth-order valence-corrected chi connectivity index (χ4v) is 4.78. The van der Waals surface area contributed by atoms with Crippen LogP contribution >= 0.6 is 12.2 Å². The van der Waals surface area contributed by atoms with Gasteiger partial charge < -0.3 is 19.5 Å². The Labute approximate surface area is 199 Å². The maximum Gasteiger partial charge on any atom is 0.170 e. The van der Waals surface area contributed by atoms with E-state index in [1.807, 2.05) is 30.5 Å². The first-order chi connectivity index (χ1) is 16.1. The van der Waals surface area contributed by atoms with Crippen LogP contribution in [-0.2, 0) is 6.54 Å². The summed E-state index contributed by atoms with van der Waals surface area (Å²) in [5.74, 6) is 0.845. The molecule has 0 unspecified atom stereocenters. The summed E-state index contributed by atoms with van der Waals surface area (Å²) in [6, 6.07) is 26.9. The van der Waals surface area contributed by atoms with E-state index in [-0.39, 0.29) is 12.1 Å². The average Bonchev–Trinajstić information content (AvgIpc) is 3.45. The SMILES string of the molecule is COc1ccc(CN2C(=S)N[C@H](c3ccccn3)[C@@H]2c2cccn2-c2cccc(C)c2)cc1. The summed E-state index contributed by atoms with van der Waals surface area (Å²) in [5.41, 5.74) is 5.66. The highest BCUT2D eigenvalue weighted by Crippen LogP contribution is 2.40. The Hall–Kier alpha value is -3.64. The van der Waals surface area contributed by atoms with E-state index in [0.29, 0.717) is 6.54 Å². The van der Waals surface area contributed by atoms with Crippen LogP contribution in [-0.4, -0.2) is 26.7 Å². The molecule has 0 aliphatic carbocycles. The Kier molecular flexibility index (Phi) is 5.84. The van der Waals surface area contributed by atoms with E-state index >= 15 is 0 Å². The van der Waals surface area contributed by atoms with Gasteiger partial charge in [-0.2, -0.15) is 0 Å². The first-order valence-corrected chi connectivity index (χ1v) is 11.4. The molecule has 33 heavy (non-hydrogen) atoms. The fourth-order valence-electron chi connectivity index (χ4n) is 4.47. The number of nitrogens with one attached hydrogen (secondary N) is 1. The normalized spacial score (nSPS) is 17.8. The number of methoxy groups -OCH3 is 1. The molecule has 5 nitrogen and oxygen atoms in total. The quantitative estimate of drug-likeness (QED) is 0.397. The second-order valence-corrected chi connectivity index (χ2v) is 8.63. The van der Waals surface area contributed by atoms with E-state index in [1.165, 1.54) is 11.1 Å². The van der Waals surface area contributed by atoms with Gasteiger partial charge in [-0.05, 0) is 78.8 Å². The van der Waals surface area contributed by atoms with Crippen molar-refractivity contribution in [2.24, 2.45) is 0 Å². The molecule has 5 rings (SSSR count). The van der Waals surface area contributed by atoms with Crippen LogP contribution < -0.4 is 10.1 Å². The lowest BCUT2D eigenvalue weighted by molar-refractivity contribution is 0.302. The van der Waals surface area contributed by atoms with Gasteiger partial charge in [-0.1, -0.05) is 30.3 Å². The first-order valence-electron chi connectivity index (χ1n) is 11.0. The minimum Gasteiger partial charge on any atom is -0.497 e. The molecule has 0 bridgehead atoms. The highest BCUT2D eigenvalue weighted by Gasteiger charge is 2.41. The molecule has 0 saturated carbocycles. The molecule has 1 N–H and O–H groups in total. The molecule has 4 aromatic rings. The molecule has 1 fully saturated rings. The third-order valence-electron chi connectivity index (χ3n) is 6.07. The van der Waals surface area contributed by atoms with E-state index in [0.717, 1.165) is 27.9 Å². The summed E-state index contributed by atoms with van der Waals surface area (Å²) in [7, 11) is 1.68. The van der Waals surface area contributed by atoms with Crippen LogP contribution in [0, 0.1) is 6.92 Å². The molecule has 3 heterocycles. The van der Waals surface area contributed by atoms with Crippen molar-refractivity contribution < 1.29 is 4.74 Å². The summed E-state index contributed by atoms with van der Waals surface area (Å²) in [6.45, 7) is 2.80. The van der Waals surface area contributed by atoms with Crippen LogP contribution in [0.5, 0.6) is 5.75 Å². The maximum atomic E-state index is 5.85. The number of thiocarbonyl (C=S) groups is 1. The summed E-state index contributed by atoms with van der Waals surface area (Å²) >= 11 is 5.85. The van der Waals surface area contributed by atoms with Gasteiger partial charge in [-0.3, -0.25) is 4.98 Å². The van der Waals surface area contributed by atoms with Gasteiger partial charge in [-0.15, -0.1) is 0 Å². The summed E-state index contributed by atoms with van der Waals surface area (Å²) in [6.07, 6.45) is 3.95.